The Morgan fingerprint density at radius 1 is 0.571 bits per heavy atom. The molecule has 440 valence electrons. The van der Waals surface area contributed by atoms with Gasteiger partial charge in [0.1, 0.15) is 31.1 Å². The van der Waals surface area contributed by atoms with E-state index in [-0.39, 0.29) is 67.8 Å². The Morgan fingerprint density at radius 2 is 1.04 bits per heavy atom. The normalized spacial score (nSPS) is 13.0. The lowest BCUT2D eigenvalue weighted by atomic mass is 9.94. The van der Waals surface area contributed by atoms with E-state index in [0.717, 1.165) is 56.1 Å². The highest BCUT2D eigenvalue weighted by molar-refractivity contribution is 5.99. The molecule has 0 amide bonds. The molecule has 0 N–H and O–H groups in total. The summed E-state index contributed by atoms with van der Waals surface area (Å²) in [7, 11) is 2.89. The van der Waals surface area contributed by atoms with E-state index in [9.17, 15) is 28.8 Å². The number of hydrogen-bond acceptors (Lipinski definition) is 13. The zero-order chi connectivity index (χ0) is 56.5. The van der Waals surface area contributed by atoms with E-state index in [0.29, 0.717) is 61.8 Å². The zero-order valence-corrected chi connectivity index (χ0v) is 49.7. The van der Waals surface area contributed by atoms with Crippen LogP contribution in [0.5, 0.6) is 11.5 Å². The number of carbonyl (C=O) groups is 6. The number of benzene rings is 1. The highest BCUT2D eigenvalue weighted by Crippen LogP contribution is 2.43. The first-order valence-corrected chi connectivity index (χ1v) is 30.6. The highest BCUT2D eigenvalue weighted by Gasteiger charge is 2.35. The molecule has 0 spiro atoms. The molecule has 13 heteroatoms. The van der Waals surface area contributed by atoms with Crippen molar-refractivity contribution >= 4 is 35.8 Å². The third kappa shape index (κ3) is 31.1. The number of methoxy groups -OCH3 is 2. The molecule has 0 bridgehead atoms. The van der Waals surface area contributed by atoms with E-state index >= 15 is 0 Å². The lowest BCUT2D eigenvalue weighted by Gasteiger charge is -2.20. The van der Waals surface area contributed by atoms with Crippen LogP contribution < -0.4 is 9.47 Å². The number of esters is 6. The number of allylic oxidation sites excluding steroid dienone is 2. The summed E-state index contributed by atoms with van der Waals surface area (Å²) in [6.45, 7) is 11.7. The first kappa shape index (κ1) is 68.7. The zero-order valence-electron chi connectivity index (χ0n) is 49.7. The van der Waals surface area contributed by atoms with Gasteiger partial charge in [0.2, 0.25) is 0 Å². The van der Waals surface area contributed by atoms with Gasteiger partial charge in [-0.05, 0) is 57.4 Å². The predicted octanol–water partition coefficient (Wildman–Crippen LogP) is 16.2. The Bertz CT molecular complexity index is 1820. The Morgan fingerprint density at radius 3 is 1.51 bits per heavy atom. The van der Waals surface area contributed by atoms with E-state index in [4.69, 9.17) is 33.2 Å². The van der Waals surface area contributed by atoms with Crippen molar-refractivity contribution < 1.29 is 61.9 Å². The van der Waals surface area contributed by atoms with Gasteiger partial charge < -0.3 is 33.2 Å². The van der Waals surface area contributed by atoms with Gasteiger partial charge in [0.15, 0.2) is 11.9 Å². The second kappa shape index (κ2) is 43.5. The van der Waals surface area contributed by atoms with E-state index < -0.39 is 29.9 Å². The summed E-state index contributed by atoms with van der Waals surface area (Å²) < 4.78 is 39.0. The van der Waals surface area contributed by atoms with Crippen molar-refractivity contribution in [3.8, 4) is 11.5 Å². The second-order valence-corrected chi connectivity index (χ2v) is 22.1. The Labute approximate surface area is 466 Å². The molecule has 1 aliphatic rings. The number of rotatable bonds is 48. The standard InChI is InChI=1S/C64H106O13/c1-9-11-13-15-17-19-21-23-25-27-29-31-33-39-57(66)73-46-53(47-74-58(67)40-34-32-30-28-26-24-22-20-18-16-14-12-10-2)76-59(68)45-50(4)37-35-36-38-51(5)63(69)77-62-54(43-41-49(3)42-44-56(65)71-7)61(72-8)52(6)55-48-75-64(70)60(55)62/h41,50-51,53H,9-40,42-48H2,1-8H3/b49-41+. The summed E-state index contributed by atoms with van der Waals surface area (Å²) >= 11 is 0. The lowest BCUT2D eigenvalue weighted by Crippen LogP contribution is -2.31. The van der Waals surface area contributed by atoms with Gasteiger partial charge in [-0.25, -0.2) is 4.79 Å². The van der Waals surface area contributed by atoms with Gasteiger partial charge in [-0.15, -0.1) is 0 Å². The van der Waals surface area contributed by atoms with E-state index in [1.165, 1.54) is 143 Å². The van der Waals surface area contributed by atoms with Crippen LogP contribution in [-0.2, 0) is 60.7 Å². The quantitative estimate of drug-likeness (QED) is 0.0199. The van der Waals surface area contributed by atoms with Crippen LogP contribution in [0.3, 0.4) is 0 Å². The average Bonchev–Trinajstić information content (AvgIpc) is 3.82. The third-order valence-corrected chi connectivity index (χ3v) is 15.1. The van der Waals surface area contributed by atoms with Crippen molar-refractivity contribution in [2.24, 2.45) is 11.8 Å². The van der Waals surface area contributed by atoms with Crippen molar-refractivity contribution in [3.05, 3.63) is 33.9 Å². The average molecular weight is 1080 g/mol. The number of fused-ring (bicyclic) bond motifs is 1. The topological polar surface area (TPSA) is 167 Å². The van der Waals surface area contributed by atoms with Gasteiger partial charge in [0, 0.05) is 36.8 Å². The minimum atomic E-state index is -0.906. The Hall–Kier alpha value is -4.42. The summed E-state index contributed by atoms with van der Waals surface area (Å²) in [6, 6.07) is 0. The maximum atomic E-state index is 13.7. The smallest absolute Gasteiger partial charge is 0.342 e. The first-order chi connectivity index (χ1) is 37.3. The number of carbonyl (C=O) groups excluding carboxylic acids is 6. The fraction of sp³-hybridized carbons (Fsp3) is 0.781. The van der Waals surface area contributed by atoms with E-state index in [1.807, 2.05) is 26.8 Å². The summed E-state index contributed by atoms with van der Waals surface area (Å²) in [5.41, 5.74) is 3.07. The molecule has 0 aliphatic carbocycles. The van der Waals surface area contributed by atoms with Gasteiger partial charge in [0.05, 0.1) is 20.1 Å². The minimum Gasteiger partial charge on any atom is -0.496 e. The maximum Gasteiger partial charge on any atom is 0.342 e. The highest BCUT2D eigenvalue weighted by atomic mass is 16.6. The molecule has 1 aromatic rings. The van der Waals surface area contributed by atoms with Crippen LogP contribution in [-0.4, -0.2) is 69.4 Å². The molecule has 0 saturated heterocycles. The molecular formula is C64H106O13. The molecule has 2 rings (SSSR count). The summed E-state index contributed by atoms with van der Waals surface area (Å²) in [4.78, 5) is 77.4. The van der Waals surface area contributed by atoms with Gasteiger partial charge in [-0.2, -0.15) is 0 Å². The largest absolute Gasteiger partial charge is 0.496 e. The van der Waals surface area contributed by atoms with Crippen molar-refractivity contribution in [2.75, 3.05) is 27.4 Å². The molecular weight excluding hydrogens is 977 g/mol. The summed E-state index contributed by atoms with van der Waals surface area (Å²) in [6.07, 6.45) is 37.0. The molecule has 0 aromatic heterocycles. The van der Waals surface area contributed by atoms with Crippen LogP contribution in [0.15, 0.2) is 11.6 Å². The van der Waals surface area contributed by atoms with Crippen LogP contribution in [0.1, 0.15) is 286 Å². The van der Waals surface area contributed by atoms with Crippen molar-refractivity contribution in [3.63, 3.8) is 0 Å². The molecule has 1 aliphatic heterocycles. The SMILES string of the molecule is CCCCCCCCCCCCCCCC(=O)OCC(COC(=O)CCCCCCCCCCCCCCC)OC(=O)CC(C)CCCCC(C)C(=O)Oc1c(C/C=C(\C)CCC(=O)OC)c(OC)c(C)c2c1C(=O)OC2. The Kier molecular flexibility index (Phi) is 38.8. The maximum absolute atomic E-state index is 13.7. The monoisotopic (exact) mass is 1080 g/mol. The third-order valence-electron chi connectivity index (χ3n) is 15.1. The van der Waals surface area contributed by atoms with Crippen molar-refractivity contribution in [1.29, 1.82) is 0 Å². The molecule has 77 heavy (non-hydrogen) atoms. The van der Waals surface area contributed by atoms with Gasteiger partial charge in [-0.3, -0.25) is 24.0 Å². The fourth-order valence-corrected chi connectivity index (χ4v) is 9.99. The number of unbranched alkanes of at least 4 members (excludes halogenated alkanes) is 25. The second-order valence-electron chi connectivity index (χ2n) is 22.1. The molecule has 13 nitrogen and oxygen atoms in total. The summed E-state index contributed by atoms with van der Waals surface area (Å²) in [5, 5.41) is 0. The molecule has 2 unspecified atom stereocenters. The van der Waals surface area contributed by atoms with Crippen LogP contribution in [0.25, 0.3) is 0 Å². The molecule has 1 heterocycles. The van der Waals surface area contributed by atoms with E-state index in [1.54, 1.807) is 6.92 Å². The van der Waals surface area contributed by atoms with Crippen LogP contribution in [0, 0.1) is 18.8 Å². The van der Waals surface area contributed by atoms with Crippen molar-refractivity contribution in [1.82, 2.24) is 0 Å². The van der Waals surface area contributed by atoms with E-state index in [2.05, 4.69) is 13.8 Å². The molecule has 0 radical (unpaired) electrons. The number of cyclic esters (lactones) is 1. The van der Waals surface area contributed by atoms with Gasteiger partial charge in [-0.1, -0.05) is 213 Å². The minimum absolute atomic E-state index is 0.0399. The molecule has 1 aromatic carbocycles. The van der Waals surface area contributed by atoms with Crippen LogP contribution in [0.4, 0.5) is 0 Å². The summed E-state index contributed by atoms with van der Waals surface area (Å²) in [5.74, 6) is -2.40. The molecule has 0 fully saturated rings. The predicted molar refractivity (Wildman–Crippen MR) is 305 cm³/mol. The van der Waals surface area contributed by atoms with Crippen molar-refractivity contribution in [2.45, 2.75) is 285 Å². The van der Waals surface area contributed by atoms with Crippen LogP contribution in [0.2, 0.25) is 0 Å². The fourth-order valence-electron chi connectivity index (χ4n) is 9.99. The Balaban J connectivity index is 1.88. The van der Waals surface area contributed by atoms with Gasteiger partial charge in [0.25, 0.3) is 0 Å². The first-order valence-electron chi connectivity index (χ1n) is 30.6. The van der Waals surface area contributed by atoms with Crippen LogP contribution >= 0.6 is 0 Å². The molecule has 2 atom stereocenters. The number of hydrogen-bond donors (Lipinski definition) is 0. The molecule has 0 saturated carbocycles. The lowest BCUT2D eigenvalue weighted by molar-refractivity contribution is -0.167. The van der Waals surface area contributed by atoms with Gasteiger partial charge >= 0.3 is 35.8 Å². The number of ether oxygens (including phenoxy) is 7.